The molecule has 0 aromatic heterocycles. The average Bonchev–Trinajstić information content (AvgIpc) is 2.84. The normalized spacial score (nSPS) is 18.7. The lowest BCUT2D eigenvalue weighted by Crippen LogP contribution is -2.37. The molecule has 0 saturated carbocycles. The maximum atomic E-state index is 12.3. The molecular formula is C16H17F3N2O2. The molecule has 1 aliphatic heterocycles. The fourth-order valence-electron chi connectivity index (χ4n) is 2.38. The van der Waals surface area contributed by atoms with Gasteiger partial charge in [0.05, 0.1) is 5.92 Å². The minimum atomic E-state index is -4.44. The summed E-state index contributed by atoms with van der Waals surface area (Å²) in [5.41, 5.74) is 0.981. The summed E-state index contributed by atoms with van der Waals surface area (Å²) < 4.78 is 36.9. The molecule has 1 N–H and O–H groups in total. The fourth-order valence-corrected chi connectivity index (χ4v) is 2.38. The number of nitrogens with zero attached hydrogens (tertiary/aromatic N) is 1. The first-order valence-corrected chi connectivity index (χ1v) is 7.19. The molecular weight excluding hydrogens is 309 g/mol. The number of carbonyl (C=O) groups excluding carboxylic acids is 2. The van der Waals surface area contributed by atoms with Crippen molar-refractivity contribution in [1.82, 2.24) is 10.2 Å². The second kappa shape index (κ2) is 7.30. The summed E-state index contributed by atoms with van der Waals surface area (Å²) in [5, 5.41) is 2.61. The number of alkyl halides is 3. The van der Waals surface area contributed by atoms with Gasteiger partial charge >= 0.3 is 6.18 Å². The van der Waals surface area contributed by atoms with Gasteiger partial charge < -0.3 is 10.2 Å². The van der Waals surface area contributed by atoms with Crippen molar-refractivity contribution >= 4 is 17.9 Å². The summed E-state index contributed by atoms with van der Waals surface area (Å²) >= 11 is 0. The van der Waals surface area contributed by atoms with Crippen molar-refractivity contribution in [3.8, 4) is 0 Å². The molecule has 1 atom stereocenters. The number of rotatable bonds is 5. The zero-order valence-electron chi connectivity index (χ0n) is 12.3. The van der Waals surface area contributed by atoms with E-state index >= 15 is 0 Å². The molecule has 2 amide bonds. The lowest BCUT2D eigenvalue weighted by atomic mass is 10.1. The van der Waals surface area contributed by atoms with Crippen LogP contribution >= 0.6 is 0 Å². The summed E-state index contributed by atoms with van der Waals surface area (Å²) in [6.07, 6.45) is -1.04. The van der Waals surface area contributed by atoms with Gasteiger partial charge in [0.15, 0.2) is 0 Å². The Kier molecular flexibility index (Phi) is 5.41. The van der Waals surface area contributed by atoms with Crippen LogP contribution in [0, 0.1) is 5.92 Å². The van der Waals surface area contributed by atoms with Crippen LogP contribution in [0.4, 0.5) is 13.2 Å². The maximum absolute atomic E-state index is 12.3. The number of carbonyl (C=O) groups is 2. The molecule has 7 heteroatoms. The molecule has 0 aliphatic carbocycles. The van der Waals surface area contributed by atoms with Crippen LogP contribution < -0.4 is 5.32 Å². The third kappa shape index (κ3) is 5.43. The van der Waals surface area contributed by atoms with Crippen LogP contribution in [0.25, 0.3) is 6.08 Å². The van der Waals surface area contributed by atoms with Gasteiger partial charge in [0.2, 0.25) is 11.8 Å². The van der Waals surface area contributed by atoms with E-state index in [2.05, 4.69) is 5.32 Å². The van der Waals surface area contributed by atoms with Crippen molar-refractivity contribution < 1.29 is 22.8 Å². The number of nitrogens with one attached hydrogen (secondary N) is 1. The van der Waals surface area contributed by atoms with Gasteiger partial charge in [0.25, 0.3) is 0 Å². The molecule has 0 radical (unpaired) electrons. The van der Waals surface area contributed by atoms with Crippen LogP contribution in [-0.2, 0) is 9.59 Å². The van der Waals surface area contributed by atoms with E-state index in [0.29, 0.717) is 4.90 Å². The summed E-state index contributed by atoms with van der Waals surface area (Å²) in [6.45, 7) is -1.23. The van der Waals surface area contributed by atoms with Crippen LogP contribution in [-0.4, -0.2) is 42.5 Å². The van der Waals surface area contributed by atoms with Gasteiger partial charge in [-0.1, -0.05) is 42.5 Å². The van der Waals surface area contributed by atoms with E-state index in [1.165, 1.54) is 0 Å². The van der Waals surface area contributed by atoms with Gasteiger partial charge in [-0.25, -0.2) is 0 Å². The Morgan fingerprint density at radius 2 is 2.00 bits per heavy atom. The molecule has 1 fully saturated rings. The van der Waals surface area contributed by atoms with Crippen LogP contribution in [0.3, 0.4) is 0 Å². The smallest absolute Gasteiger partial charge is 0.352 e. The molecule has 1 heterocycles. The van der Waals surface area contributed by atoms with E-state index in [-0.39, 0.29) is 19.5 Å². The standard InChI is InChI=1S/C16H17F3N2O2/c17-16(18,19)11-21-10-13(9-14(21)22)15(23)20-8-4-7-12-5-2-1-3-6-12/h1-7,13H,8-11H2,(H,20,23)/b7-4+. The van der Waals surface area contributed by atoms with Crippen molar-refractivity contribution in [1.29, 1.82) is 0 Å². The van der Waals surface area contributed by atoms with E-state index in [4.69, 9.17) is 0 Å². The minimum Gasteiger partial charge on any atom is -0.352 e. The molecule has 2 rings (SSSR count). The number of hydrogen-bond donors (Lipinski definition) is 1. The second-order valence-corrected chi connectivity index (χ2v) is 5.35. The SMILES string of the molecule is O=C(NC/C=C/c1ccccc1)C1CC(=O)N(CC(F)(F)F)C1. The topological polar surface area (TPSA) is 49.4 Å². The monoisotopic (exact) mass is 326 g/mol. The molecule has 1 aromatic rings. The van der Waals surface area contributed by atoms with Crippen LogP contribution in [0.5, 0.6) is 0 Å². The highest BCUT2D eigenvalue weighted by Crippen LogP contribution is 2.23. The average molecular weight is 326 g/mol. The third-order valence-corrected chi connectivity index (χ3v) is 3.46. The van der Waals surface area contributed by atoms with Crippen molar-refractivity contribution in [3.05, 3.63) is 42.0 Å². The van der Waals surface area contributed by atoms with Crippen molar-refractivity contribution in [2.75, 3.05) is 19.6 Å². The number of halogens is 3. The Morgan fingerprint density at radius 3 is 2.65 bits per heavy atom. The molecule has 1 aliphatic rings. The third-order valence-electron chi connectivity index (χ3n) is 3.46. The van der Waals surface area contributed by atoms with E-state index in [1.54, 1.807) is 6.08 Å². The first-order valence-electron chi connectivity index (χ1n) is 7.19. The summed E-state index contributed by atoms with van der Waals surface area (Å²) in [6, 6.07) is 9.48. The molecule has 1 saturated heterocycles. The first-order chi connectivity index (χ1) is 10.8. The highest BCUT2D eigenvalue weighted by molar-refractivity contribution is 5.89. The van der Waals surface area contributed by atoms with Gasteiger partial charge in [0, 0.05) is 19.5 Å². The zero-order valence-corrected chi connectivity index (χ0v) is 12.3. The lowest BCUT2D eigenvalue weighted by molar-refractivity contribution is -0.157. The van der Waals surface area contributed by atoms with E-state index < -0.39 is 30.5 Å². The highest BCUT2D eigenvalue weighted by atomic mass is 19.4. The molecule has 0 bridgehead atoms. The van der Waals surface area contributed by atoms with Crippen LogP contribution in [0.1, 0.15) is 12.0 Å². The molecule has 23 heavy (non-hydrogen) atoms. The van der Waals surface area contributed by atoms with Crippen LogP contribution in [0.15, 0.2) is 36.4 Å². The summed E-state index contributed by atoms with van der Waals surface area (Å²) in [7, 11) is 0. The van der Waals surface area contributed by atoms with Gasteiger partial charge in [-0.2, -0.15) is 13.2 Å². The molecule has 4 nitrogen and oxygen atoms in total. The number of benzene rings is 1. The number of hydrogen-bond acceptors (Lipinski definition) is 2. The largest absolute Gasteiger partial charge is 0.406 e. The van der Waals surface area contributed by atoms with Crippen molar-refractivity contribution in [3.63, 3.8) is 0 Å². The highest BCUT2D eigenvalue weighted by Gasteiger charge is 2.40. The summed E-state index contributed by atoms with van der Waals surface area (Å²) in [5.74, 6) is -1.77. The predicted molar refractivity (Wildman–Crippen MR) is 79.2 cm³/mol. The molecule has 1 aromatic carbocycles. The molecule has 124 valence electrons. The second-order valence-electron chi connectivity index (χ2n) is 5.35. The Hall–Kier alpha value is -2.31. The van der Waals surface area contributed by atoms with E-state index in [0.717, 1.165) is 5.56 Å². The summed E-state index contributed by atoms with van der Waals surface area (Å²) in [4.78, 5) is 24.1. The van der Waals surface area contributed by atoms with E-state index in [9.17, 15) is 22.8 Å². The van der Waals surface area contributed by atoms with Crippen molar-refractivity contribution in [2.45, 2.75) is 12.6 Å². The quantitative estimate of drug-likeness (QED) is 0.902. The van der Waals surface area contributed by atoms with Crippen molar-refractivity contribution in [2.24, 2.45) is 5.92 Å². The molecule has 1 unspecified atom stereocenters. The number of likely N-dealkylation sites (tertiary alicyclic amines) is 1. The maximum Gasteiger partial charge on any atom is 0.406 e. The predicted octanol–water partition coefficient (Wildman–Crippen LogP) is 2.23. The first kappa shape index (κ1) is 17.1. The Balaban J connectivity index is 1.78. The van der Waals surface area contributed by atoms with E-state index in [1.807, 2.05) is 36.4 Å². The minimum absolute atomic E-state index is 0.176. The van der Waals surface area contributed by atoms with Gasteiger partial charge in [-0.3, -0.25) is 9.59 Å². The van der Waals surface area contributed by atoms with Gasteiger partial charge in [-0.15, -0.1) is 0 Å². The Labute approximate surface area is 132 Å². The Morgan fingerprint density at radius 1 is 1.30 bits per heavy atom. The van der Waals surface area contributed by atoms with Gasteiger partial charge in [0.1, 0.15) is 6.54 Å². The van der Waals surface area contributed by atoms with Crippen LogP contribution in [0.2, 0.25) is 0 Å². The lowest BCUT2D eigenvalue weighted by Gasteiger charge is -2.18. The Bertz CT molecular complexity index is 585. The number of amides is 2. The zero-order chi connectivity index (χ0) is 16.9. The van der Waals surface area contributed by atoms with Gasteiger partial charge in [-0.05, 0) is 5.56 Å². The fraction of sp³-hybridized carbons (Fsp3) is 0.375. The molecule has 0 spiro atoms.